The first-order chi connectivity index (χ1) is 15.7. The van der Waals surface area contributed by atoms with Crippen molar-refractivity contribution >= 4 is 27.5 Å². The van der Waals surface area contributed by atoms with E-state index < -0.39 is 0 Å². The molecule has 5 rings (SSSR count). The summed E-state index contributed by atoms with van der Waals surface area (Å²) in [5.74, 6) is 0.164. The third-order valence-corrected chi connectivity index (χ3v) is 7.38. The van der Waals surface area contributed by atoms with Gasteiger partial charge in [0.05, 0.1) is 10.2 Å². The van der Waals surface area contributed by atoms with Gasteiger partial charge in [0.15, 0.2) is 0 Å². The molecule has 0 aliphatic carbocycles. The number of benzene rings is 2. The molecule has 0 unspecified atom stereocenters. The Balaban J connectivity index is 1.28. The Hall–Kier alpha value is -2.89. The molecular weight excluding hydrogens is 414 g/mol. The standard InChI is InChI=1S/C27H29N3OS/c1-21-7-5-6-10-23(21)20-28-14-16-29(17-15-28)27(31)25-19-26-24(12-18-32-26)30(25)13-11-22-8-3-2-4-9-22/h2-10,12,18-19H,11,13-17,20H2,1H3. The molecule has 2 aromatic carbocycles. The van der Waals surface area contributed by atoms with Gasteiger partial charge < -0.3 is 9.47 Å². The van der Waals surface area contributed by atoms with Gasteiger partial charge in [0.25, 0.3) is 5.91 Å². The maximum Gasteiger partial charge on any atom is 0.270 e. The van der Waals surface area contributed by atoms with E-state index in [0.717, 1.165) is 51.4 Å². The molecule has 164 valence electrons. The van der Waals surface area contributed by atoms with Crippen LogP contribution in [0.1, 0.15) is 27.2 Å². The first-order valence-electron chi connectivity index (χ1n) is 11.4. The SMILES string of the molecule is Cc1ccccc1CN1CCN(C(=O)c2cc3sccc3n2CCc2ccccc2)CC1. The zero-order valence-corrected chi connectivity index (χ0v) is 19.4. The molecular formula is C27H29N3OS. The molecule has 1 fully saturated rings. The number of nitrogens with zero attached hydrogens (tertiary/aromatic N) is 3. The van der Waals surface area contributed by atoms with Gasteiger partial charge in [0.1, 0.15) is 5.69 Å². The van der Waals surface area contributed by atoms with Crippen molar-refractivity contribution < 1.29 is 4.79 Å². The molecule has 0 spiro atoms. The van der Waals surface area contributed by atoms with Crippen molar-refractivity contribution in [2.45, 2.75) is 26.4 Å². The number of amides is 1. The number of fused-ring (bicyclic) bond motifs is 1. The second-order valence-electron chi connectivity index (χ2n) is 8.58. The summed E-state index contributed by atoms with van der Waals surface area (Å²) >= 11 is 1.71. The minimum Gasteiger partial charge on any atom is -0.335 e. The van der Waals surface area contributed by atoms with Crippen LogP contribution in [0.2, 0.25) is 0 Å². The number of carbonyl (C=O) groups excluding carboxylic acids is 1. The largest absolute Gasteiger partial charge is 0.335 e. The van der Waals surface area contributed by atoms with Gasteiger partial charge >= 0.3 is 0 Å². The molecule has 0 bridgehead atoms. The second-order valence-corrected chi connectivity index (χ2v) is 9.53. The number of hydrogen-bond donors (Lipinski definition) is 0. The Morgan fingerprint density at radius 1 is 0.938 bits per heavy atom. The van der Waals surface area contributed by atoms with Gasteiger partial charge in [0.2, 0.25) is 0 Å². The number of hydrogen-bond acceptors (Lipinski definition) is 3. The van der Waals surface area contributed by atoms with Crippen LogP contribution in [0.4, 0.5) is 0 Å². The highest BCUT2D eigenvalue weighted by atomic mass is 32.1. The fraction of sp³-hybridized carbons (Fsp3) is 0.296. The first kappa shape index (κ1) is 21.0. The van der Waals surface area contributed by atoms with Crippen LogP contribution >= 0.6 is 11.3 Å². The summed E-state index contributed by atoms with van der Waals surface area (Å²) in [4.78, 5) is 18.0. The van der Waals surface area contributed by atoms with E-state index in [9.17, 15) is 4.79 Å². The van der Waals surface area contributed by atoms with Crippen molar-refractivity contribution in [3.8, 4) is 0 Å². The van der Waals surface area contributed by atoms with E-state index in [1.54, 1.807) is 11.3 Å². The van der Waals surface area contributed by atoms with E-state index in [2.05, 4.69) is 82.4 Å². The molecule has 1 saturated heterocycles. The fourth-order valence-electron chi connectivity index (χ4n) is 4.58. The van der Waals surface area contributed by atoms with Crippen LogP contribution in [0.25, 0.3) is 10.2 Å². The minimum absolute atomic E-state index is 0.164. The van der Waals surface area contributed by atoms with Gasteiger partial charge in [0, 0.05) is 39.3 Å². The Labute approximate surface area is 193 Å². The lowest BCUT2D eigenvalue weighted by Crippen LogP contribution is -2.48. The Bertz CT molecular complexity index is 1200. The van der Waals surface area contributed by atoms with Crippen molar-refractivity contribution in [3.05, 3.63) is 94.5 Å². The van der Waals surface area contributed by atoms with Crippen LogP contribution < -0.4 is 0 Å². The highest BCUT2D eigenvalue weighted by molar-refractivity contribution is 7.17. The summed E-state index contributed by atoms with van der Waals surface area (Å²) in [6, 6.07) is 23.3. The van der Waals surface area contributed by atoms with E-state index in [0.29, 0.717) is 0 Å². The van der Waals surface area contributed by atoms with Crippen LogP contribution in [-0.2, 0) is 19.5 Å². The van der Waals surface area contributed by atoms with Crippen LogP contribution in [0, 0.1) is 6.92 Å². The first-order valence-corrected chi connectivity index (χ1v) is 12.2. The van der Waals surface area contributed by atoms with Crippen LogP contribution in [0.5, 0.6) is 0 Å². The highest BCUT2D eigenvalue weighted by Gasteiger charge is 2.25. The monoisotopic (exact) mass is 443 g/mol. The van der Waals surface area contributed by atoms with E-state index in [1.807, 2.05) is 11.0 Å². The van der Waals surface area contributed by atoms with E-state index in [1.165, 1.54) is 26.9 Å². The number of aromatic nitrogens is 1. The molecule has 1 amide bonds. The molecule has 1 aliphatic heterocycles. The second kappa shape index (κ2) is 9.31. The number of thiophene rings is 1. The molecule has 0 saturated carbocycles. The van der Waals surface area contributed by atoms with Gasteiger partial charge in [-0.1, -0.05) is 54.6 Å². The predicted molar refractivity (Wildman–Crippen MR) is 132 cm³/mol. The zero-order valence-electron chi connectivity index (χ0n) is 18.5. The normalized spacial score (nSPS) is 14.8. The lowest BCUT2D eigenvalue weighted by Gasteiger charge is -2.35. The lowest BCUT2D eigenvalue weighted by atomic mass is 10.1. The topological polar surface area (TPSA) is 28.5 Å². The summed E-state index contributed by atoms with van der Waals surface area (Å²) < 4.78 is 3.42. The molecule has 0 atom stereocenters. The summed E-state index contributed by atoms with van der Waals surface area (Å²) in [5, 5.41) is 2.11. The van der Waals surface area contributed by atoms with E-state index in [4.69, 9.17) is 0 Å². The zero-order chi connectivity index (χ0) is 21.9. The summed E-state index contributed by atoms with van der Waals surface area (Å²) in [7, 11) is 0. The molecule has 2 aromatic heterocycles. The number of aryl methyl sites for hydroxylation is 3. The third kappa shape index (κ3) is 4.36. The Morgan fingerprint density at radius 3 is 2.47 bits per heavy atom. The maximum atomic E-state index is 13.5. The summed E-state index contributed by atoms with van der Waals surface area (Å²) in [6.45, 7) is 7.34. The number of piperazine rings is 1. The maximum absolute atomic E-state index is 13.5. The summed E-state index contributed by atoms with van der Waals surface area (Å²) in [5.41, 5.74) is 6.01. The summed E-state index contributed by atoms with van der Waals surface area (Å²) in [6.07, 6.45) is 0.922. The third-order valence-electron chi connectivity index (χ3n) is 6.52. The van der Waals surface area contributed by atoms with Crippen molar-refractivity contribution in [3.63, 3.8) is 0 Å². The molecule has 3 heterocycles. The van der Waals surface area contributed by atoms with Crippen LogP contribution in [-0.4, -0.2) is 46.5 Å². The average molecular weight is 444 g/mol. The number of rotatable bonds is 6. The molecule has 5 heteroatoms. The fourth-order valence-corrected chi connectivity index (χ4v) is 5.40. The quantitative estimate of drug-likeness (QED) is 0.409. The minimum atomic E-state index is 0.164. The van der Waals surface area contributed by atoms with Crippen LogP contribution in [0.3, 0.4) is 0 Å². The van der Waals surface area contributed by atoms with Crippen molar-refractivity contribution in [2.24, 2.45) is 0 Å². The highest BCUT2D eigenvalue weighted by Crippen LogP contribution is 2.27. The van der Waals surface area contributed by atoms with Gasteiger partial charge in [-0.25, -0.2) is 0 Å². The van der Waals surface area contributed by atoms with Gasteiger partial charge in [-0.2, -0.15) is 0 Å². The molecule has 0 radical (unpaired) electrons. The molecule has 1 aliphatic rings. The molecule has 32 heavy (non-hydrogen) atoms. The van der Waals surface area contributed by atoms with Crippen LogP contribution in [0.15, 0.2) is 72.1 Å². The Morgan fingerprint density at radius 2 is 1.69 bits per heavy atom. The lowest BCUT2D eigenvalue weighted by molar-refractivity contribution is 0.0618. The van der Waals surface area contributed by atoms with E-state index >= 15 is 0 Å². The van der Waals surface area contributed by atoms with Crippen molar-refractivity contribution in [1.29, 1.82) is 0 Å². The molecule has 4 nitrogen and oxygen atoms in total. The van der Waals surface area contributed by atoms with Gasteiger partial charge in [-0.05, 0) is 47.5 Å². The van der Waals surface area contributed by atoms with Crippen molar-refractivity contribution in [2.75, 3.05) is 26.2 Å². The van der Waals surface area contributed by atoms with E-state index in [-0.39, 0.29) is 5.91 Å². The Kier molecular flexibility index (Phi) is 6.10. The average Bonchev–Trinajstić information content (AvgIpc) is 3.42. The van der Waals surface area contributed by atoms with Gasteiger partial charge in [-0.15, -0.1) is 11.3 Å². The predicted octanol–water partition coefficient (Wildman–Crippen LogP) is 5.21. The molecule has 0 N–H and O–H groups in total. The van der Waals surface area contributed by atoms with Gasteiger partial charge in [-0.3, -0.25) is 9.69 Å². The smallest absolute Gasteiger partial charge is 0.270 e. The number of carbonyl (C=O) groups is 1. The van der Waals surface area contributed by atoms with Crippen molar-refractivity contribution in [1.82, 2.24) is 14.4 Å². The molecule has 4 aromatic rings.